The van der Waals surface area contributed by atoms with Crippen molar-refractivity contribution in [3.05, 3.63) is 51.5 Å². The highest BCUT2D eigenvalue weighted by Gasteiger charge is 2.11. The van der Waals surface area contributed by atoms with E-state index in [1.807, 2.05) is 50.1 Å². The molecule has 0 saturated heterocycles. The van der Waals surface area contributed by atoms with Crippen LogP contribution in [0.2, 0.25) is 0 Å². The second-order valence-electron chi connectivity index (χ2n) is 6.60. The van der Waals surface area contributed by atoms with Crippen molar-refractivity contribution in [3.8, 4) is 0 Å². The van der Waals surface area contributed by atoms with E-state index in [1.54, 1.807) is 18.4 Å². The quantitative estimate of drug-likeness (QED) is 0.565. The van der Waals surface area contributed by atoms with Crippen molar-refractivity contribution in [2.45, 2.75) is 46.3 Å². The third-order valence-electron chi connectivity index (χ3n) is 4.27. The second kappa shape index (κ2) is 10.1. The van der Waals surface area contributed by atoms with Crippen molar-refractivity contribution in [2.24, 2.45) is 4.99 Å². The number of aryl methyl sites for hydroxylation is 1. The Kier molecular flexibility index (Phi) is 7.79. The fraction of sp³-hybridized carbons (Fsp3) is 0.450. The average Bonchev–Trinajstić information content (AvgIpc) is 3.07. The zero-order valence-electron chi connectivity index (χ0n) is 16.7. The van der Waals surface area contributed by atoms with Gasteiger partial charge >= 0.3 is 0 Å². The van der Waals surface area contributed by atoms with E-state index in [1.165, 1.54) is 0 Å². The summed E-state index contributed by atoms with van der Waals surface area (Å²) >= 11 is 1.65. The van der Waals surface area contributed by atoms with Gasteiger partial charge in [0, 0.05) is 37.6 Å². The van der Waals surface area contributed by atoms with Crippen molar-refractivity contribution >= 4 is 23.2 Å². The highest BCUT2D eigenvalue weighted by Crippen LogP contribution is 2.10. The molecule has 1 heterocycles. The first-order valence-electron chi connectivity index (χ1n) is 9.15. The van der Waals surface area contributed by atoms with Gasteiger partial charge in [0.05, 0.1) is 17.2 Å². The number of nitrogens with one attached hydrogen (secondary N) is 2. The van der Waals surface area contributed by atoms with Crippen molar-refractivity contribution in [1.29, 1.82) is 0 Å². The summed E-state index contributed by atoms with van der Waals surface area (Å²) in [4.78, 5) is 23.2. The van der Waals surface area contributed by atoms with Crippen LogP contribution >= 0.6 is 11.3 Å². The smallest absolute Gasteiger partial charge is 0.251 e. The van der Waals surface area contributed by atoms with Gasteiger partial charge in [0.1, 0.15) is 0 Å². The number of carbonyl (C=O) groups excluding carboxylic acids is 1. The number of amides is 1. The molecule has 2 N–H and O–H groups in total. The van der Waals surface area contributed by atoms with Crippen LogP contribution in [0.3, 0.4) is 0 Å². The summed E-state index contributed by atoms with van der Waals surface area (Å²) in [6.07, 6.45) is 0.911. The summed E-state index contributed by atoms with van der Waals surface area (Å²) in [5, 5.41) is 9.48. The van der Waals surface area contributed by atoms with Gasteiger partial charge in [0.25, 0.3) is 5.91 Å². The number of guanidine groups is 1. The molecule has 0 aliphatic heterocycles. The van der Waals surface area contributed by atoms with Crippen LogP contribution in [-0.2, 0) is 13.1 Å². The van der Waals surface area contributed by atoms with Crippen molar-refractivity contribution in [1.82, 2.24) is 20.5 Å². The Bertz CT molecular complexity index is 786. The molecule has 0 radical (unpaired) electrons. The first-order chi connectivity index (χ1) is 12.9. The Morgan fingerprint density at radius 3 is 2.81 bits per heavy atom. The van der Waals surface area contributed by atoms with Crippen LogP contribution in [0, 0.1) is 6.92 Å². The number of hydrogen-bond acceptors (Lipinski definition) is 4. The number of thiazole rings is 1. The van der Waals surface area contributed by atoms with Gasteiger partial charge in [-0.05, 0) is 38.0 Å². The van der Waals surface area contributed by atoms with Gasteiger partial charge in [-0.2, -0.15) is 0 Å². The molecule has 0 fully saturated rings. The molecule has 2 aromatic rings. The Balaban J connectivity index is 1.95. The maximum absolute atomic E-state index is 12.3. The Morgan fingerprint density at radius 1 is 1.41 bits per heavy atom. The van der Waals surface area contributed by atoms with Crippen molar-refractivity contribution in [2.75, 3.05) is 14.1 Å². The van der Waals surface area contributed by atoms with E-state index in [2.05, 4.69) is 32.9 Å². The number of rotatable bonds is 7. The number of carbonyl (C=O) groups is 1. The van der Waals surface area contributed by atoms with Crippen LogP contribution in [-0.4, -0.2) is 41.9 Å². The molecule has 1 atom stereocenters. The second-order valence-corrected chi connectivity index (χ2v) is 7.66. The predicted octanol–water partition coefficient (Wildman–Crippen LogP) is 3.19. The molecule has 0 saturated carbocycles. The summed E-state index contributed by atoms with van der Waals surface area (Å²) in [6.45, 7) is 7.36. The van der Waals surface area contributed by atoms with Crippen LogP contribution in [0.15, 0.2) is 34.6 Å². The molecule has 0 aliphatic carbocycles. The predicted molar refractivity (Wildman–Crippen MR) is 112 cm³/mol. The molecule has 0 aliphatic rings. The summed E-state index contributed by atoms with van der Waals surface area (Å²) in [5.74, 6) is 0.752. The van der Waals surface area contributed by atoms with E-state index in [0.717, 1.165) is 28.6 Å². The minimum absolute atomic E-state index is 0.0356. The maximum Gasteiger partial charge on any atom is 0.251 e. The maximum atomic E-state index is 12.3. The minimum Gasteiger partial charge on any atom is -0.352 e. The molecule has 27 heavy (non-hydrogen) atoms. The van der Waals surface area contributed by atoms with E-state index in [-0.39, 0.29) is 11.9 Å². The minimum atomic E-state index is -0.0356. The van der Waals surface area contributed by atoms with Crippen LogP contribution in [0.25, 0.3) is 0 Å². The van der Waals surface area contributed by atoms with E-state index < -0.39 is 0 Å². The third-order valence-corrected chi connectivity index (χ3v) is 5.09. The topological polar surface area (TPSA) is 69.6 Å². The lowest BCUT2D eigenvalue weighted by Gasteiger charge is -2.21. The lowest BCUT2D eigenvalue weighted by Crippen LogP contribution is -2.38. The first kappa shape index (κ1) is 20.9. The molecule has 0 spiro atoms. The fourth-order valence-corrected chi connectivity index (χ4v) is 3.20. The van der Waals surface area contributed by atoms with Gasteiger partial charge in [0.2, 0.25) is 0 Å². The highest BCUT2D eigenvalue weighted by atomic mass is 32.1. The lowest BCUT2D eigenvalue weighted by molar-refractivity contribution is 0.0939. The van der Waals surface area contributed by atoms with Crippen LogP contribution < -0.4 is 10.6 Å². The Morgan fingerprint density at radius 2 is 2.19 bits per heavy atom. The SMILES string of the molecule is CCC(C)NC(=O)c1cccc(CNC(=NC)N(C)Cc2csc(C)n2)c1. The summed E-state index contributed by atoms with van der Waals surface area (Å²) in [5.41, 5.74) is 2.74. The van der Waals surface area contributed by atoms with E-state index in [0.29, 0.717) is 18.7 Å². The molecule has 1 unspecified atom stereocenters. The lowest BCUT2D eigenvalue weighted by atomic mass is 10.1. The normalized spacial score (nSPS) is 12.6. The molecule has 2 rings (SSSR count). The average molecular weight is 388 g/mol. The first-order valence-corrected chi connectivity index (χ1v) is 10.0. The molecule has 1 aromatic carbocycles. The number of hydrogen-bond donors (Lipinski definition) is 2. The van der Waals surface area contributed by atoms with Crippen LogP contribution in [0.4, 0.5) is 0 Å². The van der Waals surface area contributed by atoms with Gasteiger partial charge in [-0.1, -0.05) is 19.1 Å². The Labute approximate surface area is 165 Å². The van der Waals surface area contributed by atoms with Crippen LogP contribution in [0.5, 0.6) is 0 Å². The standard InChI is InChI=1S/C20H29N5OS/c1-6-14(2)23-19(26)17-9-7-8-16(10-17)11-22-20(21-4)25(5)12-18-13-27-15(3)24-18/h7-10,13-14H,6,11-12H2,1-5H3,(H,21,22)(H,23,26). The summed E-state index contributed by atoms with van der Waals surface area (Å²) in [6, 6.07) is 7.84. The van der Waals surface area contributed by atoms with E-state index >= 15 is 0 Å². The number of nitrogens with zero attached hydrogens (tertiary/aromatic N) is 3. The highest BCUT2D eigenvalue weighted by molar-refractivity contribution is 7.09. The molecule has 1 amide bonds. The van der Waals surface area contributed by atoms with Gasteiger partial charge in [-0.15, -0.1) is 11.3 Å². The van der Waals surface area contributed by atoms with E-state index in [4.69, 9.17) is 0 Å². The van der Waals surface area contributed by atoms with E-state index in [9.17, 15) is 4.79 Å². The number of aromatic nitrogens is 1. The molecular formula is C20H29N5OS. The molecular weight excluding hydrogens is 358 g/mol. The number of benzene rings is 1. The molecule has 7 heteroatoms. The Hall–Kier alpha value is -2.41. The number of aliphatic imine (C=N–C) groups is 1. The van der Waals surface area contributed by atoms with Gasteiger partial charge in [-0.3, -0.25) is 9.79 Å². The largest absolute Gasteiger partial charge is 0.352 e. The van der Waals surface area contributed by atoms with Gasteiger partial charge in [-0.25, -0.2) is 4.98 Å². The summed E-state index contributed by atoms with van der Waals surface area (Å²) < 4.78 is 0. The summed E-state index contributed by atoms with van der Waals surface area (Å²) in [7, 11) is 3.75. The van der Waals surface area contributed by atoms with Gasteiger partial charge < -0.3 is 15.5 Å². The molecule has 1 aromatic heterocycles. The molecule has 6 nitrogen and oxygen atoms in total. The third kappa shape index (κ3) is 6.36. The van der Waals surface area contributed by atoms with Crippen molar-refractivity contribution < 1.29 is 4.79 Å². The molecule has 0 bridgehead atoms. The molecule has 146 valence electrons. The van der Waals surface area contributed by atoms with Gasteiger partial charge in [0.15, 0.2) is 5.96 Å². The van der Waals surface area contributed by atoms with Crippen LogP contribution in [0.1, 0.15) is 46.9 Å². The van der Waals surface area contributed by atoms with Crippen molar-refractivity contribution in [3.63, 3.8) is 0 Å². The zero-order chi connectivity index (χ0) is 19.8. The zero-order valence-corrected chi connectivity index (χ0v) is 17.6. The monoisotopic (exact) mass is 387 g/mol. The fourth-order valence-electron chi connectivity index (χ4n) is 2.60.